The zero-order valence-corrected chi connectivity index (χ0v) is 22.3. The van der Waals surface area contributed by atoms with Crippen molar-refractivity contribution in [3.8, 4) is 0 Å². The van der Waals surface area contributed by atoms with Crippen molar-refractivity contribution in [3.63, 3.8) is 0 Å². The molecule has 2 aromatic heterocycles. The molecule has 0 spiro atoms. The second-order valence-corrected chi connectivity index (χ2v) is 11.0. The molecular weight excluding hydrogens is 476 g/mol. The van der Waals surface area contributed by atoms with Gasteiger partial charge in [-0.25, -0.2) is 4.68 Å². The van der Waals surface area contributed by atoms with E-state index in [1.54, 1.807) is 0 Å². The fourth-order valence-electron chi connectivity index (χ4n) is 6.29. The predicted molar refractivity (Wildman–Crippen MR) is 147 cm³/mol. The summed E-state index contributed by atoms with van der Waals surface area (Å²) in [5.74, 6) is 1.34. The van der Waals surface area contributed by atoms with Crippen molar-refractivity contribution < 1.29 is 4.74 Å². The van der Waals surface area contributed by atoms with E-state index in [-0.39, 0.29) is 17.7 Å². The SMILES string of the molecule is Cc1cc(C)c2[nH]c(=O)c([C@@H](c3nnnn3C[C@@H]3CCCO3)N3CCC(Cc4ccccc4)CC3)cc2c1. The number of nitrogens with one attached hydrogen (secondary N) is 1. The Morgan fingerprint density at radius 1 is 1.08 bits per heavy atom. The fraction of sp³-hybridized carbons (Fsp3) is 0.467. The smallest absolute Gasteiger partial charge is 0.253 e. The van der Waals surface area contributed by atoms with Crippen molar-refractivity contribution in [1.82, 2.24) is 30.1 Å². The Kier molecular flexibility index (Phi) is 7.08. The van der Waals surface area contributed by atoms with E-state index in [4.69, 9.17) is 4.74 Å². The van der Waals surface area contributed by atoms with Crippen LogP contribution in [0.25, 0.3) is 10.9 Å². The van der Waals surface area contributed by atoms with E-state index in [2.05, 4.69) is 80.9 Å². The van der Waals surface area contributed by atoms with Crippen molar-refractivity contribution in [3.05, 3.63) is 87.0 Å². The Morgan fingerprint density at radius 2 is 1.89 bits per heavy atom. The van der Waals surface area contributed by atoms with Crippen LogP contribution in [0.3, 0.4) is 0 Å². The molecule has 1 N–H and O–H groups in total. The number of ether oxygens (including phenoxy) is 1. The summed E-state index contributed by atoms with van der Waals surface area (Å²) in [6, 6.07) is 16.7. The van der Waals surface area contributed by atoms with Crippen molar-refractivity contribution in [1.29, 1.82) is 0 Å². The third-order valence-electron chi connectivity index (χ3n) is 8.20. The van der Waals surface area contributed by atoms with Gasteiger partial charge in [0, 0.05) is 12.2 Å². The third-order valence-corrected chi connectivity index (χ3v) is 8.20. The van der Waals surface area contributed by atoms with Crippen LogP contribution in [-0.4, -0.2) is 55.9 Å². The molecule has 2 atom stereocenters. The van der Waals surface area contributed by atoms with E-state index in [9.17, 15) is 4.79 Å². The van der Waals surface area contributed by atoms with E-state index in [0.717, 1.165) is 74.1 Å². The lowest BCUT2D eigenvalue weighted by atomic mass is 9.89. The number of tetrazole rings is 1. The van der Waals surface area contributed by atoms with E-state index >= 15 is 0 Å². The first-order valence-corrected chi connectivity index (χ1v) is 13.8. The number of fused-ring (bicyclic) bond motifs is 1. The highest BCUT2D eigenvalue weighted by atomic mass is 16.5. The van der Waals surface area contributed by atoms with Gasteiger partial charge >= 0.3 is 0 Å². The monoisotopic (exact) mass is 512 g/mol. The number of H-pyrrole nitrogens is 1. The summed E-state index contributed by atoms with van der Waals surface area (Å²) in [6.07, 6.45) is 5.40. The molecule has 0 amide bonds. The normalized spacial score (nSPS) is 19.8. The molecule has 2 aliphatic rings. The van der Waals surface area contributed by atoms with Gasteiger partial charge in [0.25, 0.3) is 5.56 Å². The molecule has 0 aliphatic carbocycles. The first-order valence-electron chi connectivity index (χ1n) is 13.8. The molecule has 2 aliphatic heterocycles. The molecule has 2 aromatic carbocycles. The number of rotatable bonds is 7. The number of nitrogens with zero attached hydrogens (tertiary/aromatic N) is 5. The van der Waals surface area contributed by atoms with Gasteiger partial charge in [-0.3, -0.25) is 9.69 Å². The molecule has 38 heavy (non-hydrogen) atoms. The summed E-state index contributed by atoms with van der Waals surface area (Å²) >= 11 is 0. The molecule has 4 aromatic rings. The van der Waals surface area contributed by atoms with Crippen LogP contribution < -0.4 is 5.56 Å². The molecule has 0 unspecified atom stereocenters. The summed E-state index contributed by atoms with van der Waals surface area (Å²) in [7, 11) is 0. The number of likely N-dealkylation sites (tertiary alicyclic amines) is 1. The minimum atomic E-state index is -0.321. The molecule has 198 valence electrons. The molecular formula is C30H36N6O2. The van der Waals surface area contributed by atoms with Gasteiger partial charge in [0.1, 0.15) is 6.04 Å². The van der Waals surface area contributed by atoms with Gasteiger partial charge in [0.15, 0.2) is 5.82 Å². The second kappa shape index (κ2) is 10.8. The predicted octanol–water partition coefficient (Wildman–Crippen LogP) is 4.35. The average Bonchev–Trinajstić information content (AvgIpc) is 3.60. The van der Waals surface area contributed by atoms with Crippen molar-refractivity contribution in [2.45, 2.75) is 64.6 Å². The van der Waals surface area contributed by atoms with Crippen molar-refractivity contribution >= 4 is 10.9 Å². The number of aromatic nitrogens is 5. The molecule has 0 radical (unpaired) electrons. The van der Waals surface area contributed by atoms with Crippen LogP contribution in [0, 0.1) is 19.8 Å². The third kappa shape index (κ3) is 5.15. The maximum Gasteiger partial charge on any atom is 0.253 e. The van der Waals surface area contributed by atoms with Gasteiger partial charge in [0.05, 0.1) is 18.2 Å². The van der Waals surface area contributed by atoms with Crippen LogP contribution in [0.5, 0.6) is 0 Å². The van der Waals surface area contributed by atoms with Crippen molar-refractivity contribution in [2.24, 2.45) is 5.92 Å². The van der Waals surface area contributed by atoms with Gasteiger partial charge < -0.3 is 9.72 Å². The lowest BCUT2D eigenvalue weighted by Gasteiger charge is -2.37. The molecule has 0 saturated carbocycles. The van der Waals surface area contributed by atoms with Crippen LogP contribution in [0.4, 0.5) is 0 Å². The number of pyridine rings is 1. The number of piperidine rings is 1. The second-order valence-electron chi connectivity index (χ2n) is 11.0. The van der Waals surface area contributed by atoms with E-state index in [0.29, 0.717) is 18.0 Å². The summed E-state index contributed by atoms with van der Waals surface area (Å²) in [4.78, 5) is 19.2. The summed E-state index contributed by atoms with van der Waals surface area (Å²) < 4.78 is 7.76. The summed E-state index contributed by atoms with van der Waals surface area (Å²) in [6.45, 7) is 7.30. The zero-order chi connectivity index (χ0) is 26.1. The van der Waals surface area contributed by atoms with Gasteiger partial charge in [-0.1, -0.05) is 42.0 Å². The number of aromatic amines is 1. The average molecular weight is 513 g/mol. The van der Waals surface area contributed by atoms with Gasteiger partial charge in [-0.05, 0) is 104 Å². The van der Waals surface area contributed by atoms with Gasteiger partial charge in [-0.2, -0.15) is 0 Å². The highest BCUT2D eigenvalue weighted by Gasteiger charge is 2.34. The Hall–Kier alpha value is -3.36. The first kappa shape index (κ1) is 24.9. The molecule has 2 fully saturated rings. The zero-order valence-electron chi connectivity index (χ0n) is 22.3. The molecule has 8 heteroatoms. The highest BCUT2D eigenvalue weighted by Crippen LogP contribution is 2.33. The van der Waals surface area contributed by atoms with Crippen LogP contribution in [0.15, 0.2) is 53.3 Å². The van der Waals surface area contributed by atoms with Crippen LogP contribution >= 0.6 is 0 Å². The minimum Gasteiger partial charge on any atom is -0.376 e. The lowest BCUT2D eigenvalue weighted by molar-refractivity contribution is 0.0892. The van der Waals surface area contributed by atoms with Gasteiger partial charge in [-0.15, -0.1) is 5.10 Å². The maximum atomic E-state index is 13.6. The van der Waals surface area contributed by atoms with E-state index in [1.807, 2.05) is 11.6 Å². The lowest BCUT2D eigenvalue weighted by Crippen LogP contribution is -2.41. The highest BCUT2D eigenvalue weighted by molar-refractivity contribution is 5.83. The Morgan fingerprint density at radius 3 is 2.66 bits per heavy atom. The van der Waals surface area contributed by atoms with Gasteiger partial charge in [0.2, 0.25) is 0 Å². The van der Waals surface area contributed by atoms with E-state index < -0.39 is 0 Å². The first-order chi connectivity index (χ1) is 18.5. The minimum absolute atomic E-state index is 0.0764. The number of aryl methyl sites for hydroxylation is 2. The standard InChI is InChI=1S/C30H36N6O2/c1-20-15-21(2)27-24(16-20)18-26(30(37)31-27)28(29-32-33-34-36(29)19-25-9-6-14-38-25)35-12-10-23(11-13-35)17-22-7-4-3-5-8-22/h3-5,7-8,15-16,18,23,25,28H,6,9-14,17,19H2,1-2H3,(H,31,37)/t25-,28-/m0/s1. The number of benzene rings is 2. The Labute approximate surface area is 223 Å². The van der Waals surface area contributed by atoms with Crippen molar-refractivity contribution in [2.75, 3.05) is 19.7 Å². The Bertz CT molecular complexity index is 1450. The quantitative estimate of drug-likeness (QED) is 0.396. The maximum absolute atomic E-state index is 13.6. The Balaban J connectivity index is 1.34. The van der Waals surface area contributed by atoms with Crippen LogP contribution in [0.1, 0.15) is 59.8 Å². The summed E-state index contributed by atoms with van der Waals surface area (Å²) in [5.41, 5.74) is 5.16. The molecule has 6 rings (SSSR count). The number of hydrogen-bond acceptors (Lipinski definition) is 6. The van der Waals surface area contributed by atoms with Crippen LogP contribution in [0.2, 0.25) is 0 Å². The molecule has 8 nitrogen and oxygen atoms in total. The summed E-state index contributed by atoms with van der Waals surface area (Å²) in [5, 5.41) is 14.0. The topological polar surface area (TPSA) is 88.9 Å². The number of hydrogen-bond donors (Lipinski definition) is 1. The molecule has 2 saturated heterocycles. The fourth-order valence-corrected chi connectivity index (χ4v) is 6.29. The molecule has 4 heterocycles. The largest absolute Gasteiger partial charge is 0.376 e. The molecule has 0 bridgehead atoms. The van der Waals surface area contributed by atoms with Crippen LogP contribution in [-0.2, 0) is 17.7 Å². The van der Waals surface area contributed by atoms with E-state index in [1.165, 1.54) is 11.1 Å².